The smallest absolute Gasteiger partial charge is 0.322 e. The van der Waals surface area contributed by atoms with Crippen molar-refractivity contribution < 1.29 is 34.4 Å². The van der Waals surface area contributed by atoms with Gasteiger partial charge >= 0.3 is 5.97 Å². The lowest BCUT2D eigenvalue weighted by atomic mass is 9.95. The van der Waals surface area contributed by atoms with E-state index in [0.29, 0.717) is 23.2 Å². The van der Waals surface area contributed by atoms with Crippen molar-refractivity contribution in [3.63, 3.8) is 0 Å². The van der Waals surface area contributed by atoms with Crippen LogP contribution >= 0.6 is 0 Å². The number of amides is 2. The number of carbonyl (C=O) groups excluding carboxylic acids is 2. The molecule has 188 valence electrons. The number of carboxylic acids is 1. The molecule has 1 aliphatic carbocycles. The van der Waals surface area contributed by atoms with Gasteiger partial charge in [0.1, 0.15) is 23.4 Å². The number of carboxylic acid groups (broad SMARTS) is 1. The summed E-state index contributed by atoms with van der Waals surface area (Å²) in [6.07, 6.45) is 4.10. The van der Waals surface area contributed by atoms with Gasteiger partial charge in [0.25, 0.3) is 17.4 Å². The molecule has 2 aromatic rings. The number of hydrogen-bond acceptors (Lipinski definition) is 7. The third-order valence-corrected chi connectivity index (χ3v) is 5.57. The monoisotopic (exact) mass is 487 g/mol. The normalized spacial score (nSPS) is 13.9. The highest BCUT2D eigenvalue weighted by Crippen LogP contribution is 2.32. The molecule has 3 rings (SSSR count). The van der Waals surface area contributed by atoms with E-state index in [9.17, 15) is 29.4 Å². The Labute approximate surface area is 201 Å². The van der Waals surface area contributed by atoms with E-state index in [1.807, 2.05) is 5.32 Å². The summed E-state index contributed by atoms with van der Waals surface area (Å²) in [4.78, 5) is 49.9. The van der Waals surface area contributed by atoms with Gasteiger partial charge in [-0.25, -0.2) is 4.57 Å². The van der Waals surface area contributed by atoms with Crippen LogP contribution in [0.25, 0.3) is 5.69 Å². The van der Waals surface area contributed by atoms with E-state index >= 15 is 0 Å². The lowest BCUT2D eigenvalue weighted by molar-refractivity contribution is -0.135. The van der Waals surface area contributed by atoms with Crippen LogP contribution in [-0.2, 0) is 4.79 Å². The van der Waals surface area contributed by atoms with Crippen LogP contribution in [0.1, 0.15) is 66.7 Å². The number of benzene rings is 1. The molecule has 0 bridgehead atoms. The number of carbonyl (C=O) groups is 3. The Bertz CT molecular complexity index is 1180. The predicted molar refractivity (Wildman–Crippen MR) is 125 cm³/mol. The van der Waals surface area contributed by atoms with Crippen molar-refractivity contribution in [2.45, 2.75) is 58.1 Å². The number of rotatable bonds is 8. The van der Waals surface area contributed by atoms with E-state index in [-0.39, 0.29) is 17.8 Å². The van der Waals surface area contributed by atoms with Gasteiger partial charge in [-0.1, -0.05) is 25.3 Å². The van der Waals surface area contributed by atoms with Crippen molar-refractivity contribution in [1.29, 1.82) is 0 Å². The van der Waals surface area contributed by atoms with Gasteiger partial charge in [-0.15, -0.1) is 0 Å². The molecule has 35 heavy (non-hydrogen) atoms. The van der Waals surface area contributed by atoms with Gasteiger partial charge in [0.2, 0.25) is 5.88 Å². The van der Waals surface area contributed by atoms with Crippen molar-refractivity contribution >= 4 is 17.8 Å². The second kappa shape index (κ2) is 10.9. The van der Waals surface area contributed by atoms with Crippen molar-refractivity contribution in [1.82, 2.24) is 15.2 Å². The summed E-state index contributed by atoms with van der Waals surface area (Å²) < 4.78 is 6.34. The third kappa shape index (κ3) is 5.92. The van der Waals surface area contributed by atoms with E-state index in [1.165, 1.54) is 12.1 Å². The summed E-state index contributed by atoms with van der Waals surface area (Å²) in [6.45, 7) is 2.78. The summed E-state index contributed by atoms with van der Waals surface area (Å²) in [5.41, 5.74) is -2.60. The van der Waals surface area contributed by atoms with Crippen LogP contribution in [-0.4, -0.2) is 56.4 Å². The molecule has 0 aliphatic heterocycles. The molecule has 1 saturated carbocycles. The van der Waals surface area contributed by atoms with Crippen molar-refractivity contribution in [2.75, 3.05) is 6.54 Å². The zero-order chi connectivity index (χ0) is 25.7. The Balaban J connectivity index is 2.16. The second-order valence-corrected chi connectivity index (χ2v) is 8.61. The maximum atomic E-state index is 13.3. The van der Waals surface area contributed by atoms with Crippen LogP contribution < -0.4 is 20.9 Å². The average molecular weight is 488 g/mol. The molecule has 1 heterocycles. The van der Waals surface area contributed by atoms with Crippen molar-refractivity contribution in [3.8, 4) is 23.1 Å². The maximum absolute atomic E-state index is 13.3. The summed E-state index contributed by atoms with van der Waals surface area (Å²) in [5.74, 6) is -4.97. The topological polar surface area (TPSA) is 167 Å². The van der Waals surface area contributed by atoms with Crippen LogP contribution in [0.4, 0.5) is 0 Å². The maximum Gasteiger partial charge on any atom is 0.322 e. The highest BCUT2D eigenvalue weighted by atomic mass is 16.5. The minimum atomic E-state index is -1.37. The van der Waals surface area contributed by atoms with Gasteiger partial charge < -0.3 is 30.7 Å². The molecule has 11 heteroatoms. The highest BCUT2D eigenvalue weighted by Gasteiger charge is 2.31. The fourth-order valence-corrected chi connectivity index (χ4v) is 4.02. The van der Waals surface area contributed by atoms with Crippen molar-refractivity contribution in [3.05, 3.63) is 45.7 Å². The molecule has 1 aromatic carbocycles. The van der Waals surface area contributed by atoms with Gasteiger partial charge in [-0.05, 0) is 38.8 Å². The highest BCUT2D eigenvalue weighted by molar-refractivity contribution is 6.05. The van der Waals surface area contributed by atoms with E-state index in [4.69, 9.17) is 9.84 Å². The minimum absolute atomic E-state index is 0.0738. The largest absolute Gasteiger partial charge is 0.506 e. The van der Waals surface area contributed by atoms with Crippen LogP contribution in [0.15, 0.2) is 29.1 Å². The number of hydrogen-bond donors (Lipinski definition) is 5. The Hall–Kier alpha value is -4.02. The second-order valence-electron chi connectivity index (χ2n) is 8.61. The molecule has 0 spiro atoms. The molecule has 1 aromatic heterocycles. The number of ether oxygens (including phenoxy) is 1. The first kappa shape index (κ1) is 25.6. The molecule has 1 aliphatic rings. The summed E-state index contributed by atoms with van der Waals surface area (Å²) >= 11 is 0. The number of nitrogens with zero attached hydrogens (tertiary/aromatic N) is 1. The molecular weight excluding hydrogens is 458 g/mol. The van der Waals surface area contributed by atoms with E-state index in [0.717, 1.165) is 19.3 Å². The lowest BCUT2D eigenvalue weighted by Gasteiger charge is -2.24. The van der Waals surface area contributed by atoms with Gasteiger partial charge in [0.05, 0.1) is 11.8 Å². The Kier molecular flexibility index (Phi) is 8.00. The zero-order valence-corrected chi connectivity index (χ0v) is 19.5. The fourth-order valence-electron chi connectivity index (χ4n) is 4.02. The van der Waals surface area contributed by atoms with Crippen LogP contribution in [0.5, 0.6) is 17.4 Å². The quantitative estimate of drug-likeness (QED) is 0.376. The fraction of sp³-hybridized carbons (Fsp3) is 0.417. The number of aromatic nitrogens is 1. The first-order valence-corrected chi connectivity index (χ1v) is 11.4. The molecule has 0 atom stereocenters. The zero-order valence-electron chi connectivity index (χ0n) is 19.5. The summed E-state index contributed by atoms with van der Waals surface area (Å²) in [7, 11) is 0. The molecule has 5 N–H and O–H groups in total. The number of aliphatic carboxylic acids is 1. The average Bonchev–Trinajstić information content (AvgIpc) is 2.78. The SMILES string of the molecule is CC(C)Oc1cccc(-n2c(O)c(C(=O)NC3CCCCC3)c(O)c(C(=O)NCC(=O)O)c2=O)c1. The third-order valence-electron chi connectivity index (χ3n) is 5.57. The van der Waals surface area contributed by atoms with Crippen molar-refractivity contribution in [2.24, 2.45) is 0 Å². The molecule has 0 unspecified atom stereocenters. The predicted octanol–water partition coefficient (Wildman–Crippen LogP) is 1.91. The van der Waals surface area contributed by atoms with Crippen LogP contribution in [0.2, 0.25) is 0 Å². The molecular formula is C24H29N3O8. The number of pyridine rings is 1. The van der Waals surface area contributed by atoms with Crippen LogP contribution in [0, 0.1) is 0 Å². The van der Waals surface area contributed by atoms with E-state index < -0.39 is 52.6 Å². The summed E-state index contributed by atoms with van der Waals surface area (Å²) in [5, 5.41) is 35.4. The van der Waals surface area contributed by atoms with Gasteiger partial charge in [0, 0.05) is 12.1 Å². The van der Waals surface area contributed by atoms with Gasteiger partial charge in [0.15, 0.2) is 5.75 Å². The molecule has 11 nitrogen and oxygen atoms in total. The molecule has 0 saturated heterocycles. The Morgan fingerprint density at radius 3 is 2.40 bits per heavy atom. The Morgan fingerprint density at radius 2 is 1.77 bits per heavy atom. The standard InChI is InChI=1S/C24H29N3O8/c1-13(2)35-16-10-6-9-15(11-16)27-23(33)18(21(31)25-12-17(28)29)20(30)19(24(27)34)22(32)26-14-7-4-3-5-8-14/h6,9-11,13-14,30,34H,3-5,7-8,12H2,1-2H3,(H,25,31)(H,26,32)(H,28,29). The first-order chi connectivity index (χ1) is 16.6. The van der Waals surface area contributed by atoms with E-state index in [1.54, 1.807) is 26.0 Å². The molecule has 0 radical (unpaired) electrons. The lowest BCUT2D eigenvalue weighted by Crippen LogP contribution is -2.39. The first-order valence-electron chi connectivity index (χ1n) is 11.4. The van der Waals surface area contributed by atoms with Gasteiger partial charge in [-0.3, -0.25) is 19.2 Å². The minimum Gasteiger partial charge on any atom is -0.506 e. The Morgan fingerprint density at radius 1 is 1.09 bits per heavy atom. The molecule has 1 fully saturated rings. The number of nitrogens with one attached hydrogen (secondary N) is 2. The van der Waals surface area contributed by atoms with Crippen LogP contribution in [0.3, 0.4) is 0 Å². The summed E-state index contributed by atoms with van der Waals surface area (Å²) in [6, 6.07) is 5.87. The number of aromatic hydroxyl groups is 2. The van der Waals surface area contributed by atoms with Gasteiger partial charge in [-0.2, -0.15) is 0 Å². The van der Waals surface area contributed by atoms with E-state index in [2.05, 4.69) is 5.32 Å². The molecule has 2 amide bonds.